The minimum atomic E-state index is 0.564. The molecule has 2 N–H and O–H groups in total. The predicted molar refractivity (Wildman–Crippen MR) is 116 cm³/mol. The molecule has 0 aliphatic rings. The van der Waals surface area contributed by atoms with Crippen LogP contribution in [-0.4, -0.2) is 18.0 Å². The van der Waals surface area contributed by atoms with Crippen molar-refractivity contribution in [2.75, 3.05) is 7.05 Å². The Morgan fingerprint density at radius 3 is 2.29 bits per heavy atom. The highest BCUT2D eigenvalue weighted by Gasteiger charge is 2.06. The van der Waals surface area contributed by atoms with E-state index >= 15 is 0 Å². The maximum absolute atomic E-state index is 5.78. The zero-order valence-electron chi connectivity index (χ0n) is 16.5. The summed E-state index contributed by atoms with van der Waals surface area (Å²) in [4.78, 5) is 9.99. The first kappa shape index (κ1) is 19.9. The molecule has 1 heterocycles. The Bertz CT molecular complexity index is 904. The van der Waals surface area contributed by atoms with E-state index in [2.05, 4.69) is 44.9 Å². The summed E-state index contributed by atoms with van der Waals surface area (Å²) in [7, 11) is 1.78. The van der Waals surface area contributed by atoms with Crippen molar-refractivity contribution in [3.63, 3.8) is 0 Å². The van der Waals surface area contributed by atoms with E-state index in [-0.39, 0.29) is 0 Å². The topological polar surface area (TPSA) is 58.5 Å². The summed E-state index contributed by atoms with van der Waals surface area (Å²) < 4.78 is 5.78. The smallest absolute Gasteiger partial charge is 0.191 e. The molecule has 0 amide bonds. The number of hydrogen-bond acceptors (Lipinski definition) is 4. The molecule has 3 aromatic rings. The van der Waals surface area contributed by atoms with E-state index in [0.29, 0.717) is 13.2 Å². The normalized spacial score (nSPS) is 11.3. The van der Waals surface area contributed by atoms with E-state index in [1.807, 2.05) is 44.2 Å². The second-order valence-electron chi connectivity index (χ2n) is 6.44. The zero-order chi connectivity index (χ0) is 19.8. The minimum absolute atomic E-state index is 0.564. The van der Waals surface area contributed by atoms with Crippen LogP contribution in [0.5, 0.6) is 5.75 Å². The molecule has 0 radical (unpaired) electrons. The summed E-state index contributed by atoms with van der Waals surface area (Å²) in [6.45, 7) is 6.07. The largest absolute Gasteiger partial charge is 0.489 e. The quantitative estimate of drug-likeness (QED) is 0.466. The molecule has 0 saturated carbocycles. The van der Waals surface area contributed by atoms with Crippen LogP contribution < -0.4 is 15.4 Å². The summed E-state index contributed by atoms with van der Waals surface area (Å²) >= 11 is 1.72. The summed E-state index contributed by atoms with van der Waals surface area (Å²) in [5, 5.41) is 7.79. The summed E-state index contributed by atoms with van der Waals surface area (Å²) in [6, 6.07) is 18.3. The number of guanidine groups is 1. The van der Waals surface area contributed by atoms with Gasteiger partial charge in [0.15, 0.2) is 5.96 Å². The van der Waals surface area contributed by atoms with Gasteiger partial charge in [-0.25, -0.2) is 4.98 Å². The van der Waals surface area contributed by atoms with E-state index in [9.17, 15) is 0 Å². The standard InChI is InChI=1S/C22H26N4OS/c1-16-21(28-17(2)26-16)14-25-22(23-3)24-13-18-9-11-19(12-10-18)15-27-20-7-5-4-6-8-20/h4-12H,13-15H2,1-3H3,(H2,23,24,25). The van der Waals surface area contributed by atoms with Crippen molar-refractivity contribution >= 4 is 17.3 Å². The summed E-state index contributed by atoms with van der Waals surface area (Å²) in [5.41, 5.74) is 3.42. The summed E-state index contributed by atoms with van der Waals surface area (Å²) in [6.07, 6.45) is 0. The van der Waals surface area contributed by atoms with Crippen LogP contribution >= 0.6 is 11.3 Å². The zero-order valence-corrected chi connectivity index (χ0v) is 17.3. The van der Waals surface area contributed by atoms with Crippen LogP contribution in [0.1, 0.15) is 26.7 Å². The minimum Gasteiger partial charge on any atom is -0.489 e. The van der Waals surface area contributed by atoms with Crippen LogP contribution in [0.3, 0.4) is 0 Å². The first-order chi connectivity index (χ1) is 13.6. The van der Waals surface area contributed by atoms with Gasteiger partial charge in [0, 0.05) is 18.5 Å². The SMILES string of the molecule is CN=C(NCc1ccc(COc2ccccc2)cc1)NCc1sc(C)nc1C. The molecule has 0 unspecified atom stereocenters. The molecule has 0 spiro atoms. The highest BCUT2D eigenvalue weighted by molar-refractivity contribution is 7.11. The molecule has 0 atom stereocenters. The van der Waals surface area contributed by atoms with Crippen molar-refractivity contribution in [1.82, 2.24) is 15.6 Å². The van der Waals surface area contributed by atoms with E-state index < -0.39 is 0 Å². The Morgan fingerprint density at radius 1 is 0.964 bits per heavy atom. The fraction of sp³-hybridized carbons (Fsp3) is 0.273. The lowest BCUT2D eigenvalue weighted by atomic mass is 10.1. The second-order valence-corrected chi connectivity index (χ2v) is 7.73. The highest BCUT2D eigenvalue weighted by Crippen LogP contribution is 2.16. The number of nitrogens with one attached hydrogen (secondary N) is 2. The van der Waals surface area contributed by atoms with Crippen molar-refractivity contribution in [3.05, 3.63) is 81.3 Å². The number of para-hydroxylation sites is 1. The molecule has 1 aromatic heterocycles. The van der Waals surface area contributed by atoms with E-state index in [1.165, 1.54) is 10.4 Å². The first-order valence-electron chi connectivity index (χ1n) is 9.27. The number of aliphatic imine (C=N–C) groups is 1. The third kappa shape index (κ3) is 5.82. The number of nitrogens with zero attached hydrogens (tertiary/aromatic N) is 2. The number of ether oxygens (including phenoxy) is 1. The lowest BCUT2D eigenvalue weighted by Crippen LogP contribution is -2.36. The van der Waals surface area contributed by atoms with E-state index in [1.54, 1.807) is 18.4 Å². The average Bonchev–Trinajstić information content (AvgIpc) is 3.05. The molecule has 0 fully saturated rings. The van der Waals surface area contributed by atoms with Crippen LogP contribution in [0.2, 0.25) is 0 Å². The molecule has 146 valence electrons. The molecular formula is C22H26N4OS. The van der Waals surface area contributed by atoms with Gasteiger partial charge in [-0.1, -0.05) is 42.5 Å². The van der Waals surface area contributed by atoms with Gasteiger partial charge in [-0.15, -0.1) is 11.3 Å². The second kappa shape index (κ2) is 9.90. The van der Waals surface area contributed by atoms with E-state index in [4.69, 9.17) is 4.74 Å². The van der Waals surface area contributed by atoms with Crippen LogP contribution in [0.15, 0.2) is 59.6 Å². The lowest BCUT2D eigenvalue weighted by Gasteiger charge is -2.12. The fourth-order valence-electron chi connectivity index (χ4n) is 2.74. The van der Waals surface area contributed by atoms with Gasteiger partial charge < -0.3 is 15.4 Å². The number of hydrogen-bond donors (Lipinski definition) is 2. The third-order valence-electron chi connectivity index (χ3n) is 4.27. The molecule has 3 rings (SSSR count). The monoisotopic (exact) mass is 394 g/mol. The van der Waals surface area contributed by atoms with Gasteiger partial charge in [0.25, 0.3) is 0 Å². The van der Waals surface area contributed by atoms with Crippen molar-refractivity contribution in [3.8, 4) is 5.75 Å². The van der Waals surface area contributed by atoms with Gasteiger partial charge in [-0.3, -0.25) is 4.99 Å². The molecule has 5 nitrogen and oxygen atoms in total. The van der Waals surface area contributed by atoms with Crippen LogP contribution in [0.25, 0.3) is 0 Å². The van der Waals surface area contributed by atoms with Gasteiger partial charge in [-0.05, 0) is 37.1 Å². The van der Waals surface area contributed by atoms with Gasteiger partial charge in [0.1, 0.15) is 12.4 Å². The Morgan fingerprint density at radius 2 is 1.64 bits per heavy atom. The van der Waals surface area contributed by atoms with E-state index in [0.717, 1.165) is 34.5 Å². The number of aryl methyl sites for hydroxylation is 2. The number of thiazole rings is 1. The number of aromatic nitrogens is 1. The highest BCUT2D eigenvalue weighted by atomic mass is 32.1. The Kier molecular flexibility index (Phi) is 7.03. The van der Waals surface area contributed by atoms with Crippen LogP contribution in [0.4, 0.5) is 0 Å². The molecule has 2 aromatic carbocycles. The first-order valence-corrected chi connectivity index (χ1v) is 10.1. The Balaban J connectivity index is 1.46. The van der Waals surface area contributed by atoms with Crippen molar-refractivity contribution in [2.45, 2.75) is 33.5 Å². The fourth-order valence-corrected chi connectivity index (χ4v) is 3.62. The Labute approximate surface area is 170 Å². The lowest BCUT2D eigenvalue weighted by molar-refractivity contribution is 0.306. The van der Waals surface area contributed by atoms with Crippen molar-refractivity contribution in [1.29, 1.82) is 0 Å². The molecule has 28 heavy (non-hydrogen) atoms. The predicted octanol–water partition coefficient (Wildman–Crippen LogP) is 4.20. The van der Waals surface area contributed by atoms with Crippen molar-refractivity contribution in [2.24, 2.45) is 4.99 Å². The van der Waals surface area contributed by atoms with Crippen LogP contribution in [0, 0.1) is 13.8 Å². The molecular weight excluding hydrogens is 368 g/mol. The maximum Gasteiger partial charge on any atom is 0.191 e. The van der Waals surface area contributed by atoms with Gasteiger partial charge >= 0.3 is 0 Å². The van der Waals surface area contributed by atoms with Crippen molar-refractivity contribution < 1.29 is 4.74 Å². The van der Waals surface area contributed by atoms with Gasteiger partial charge in [0.05, 0.1) is 17.2 Å². The molecule has 0 aliphatic carbocycles. The number of rotatable bonds is 7. The average molecular weight is 395 g/mol. The summed E-state index contributed by atoms with van der Waals surface area (Å²) in [5.74, 6) is 1.66. The van der Waals surface area contributed by atoms with Gasteiger partial charge in [0.2, 0.25) is 0 Å². The Hall–Kier alpha value is -2.86. The molecule has 0 aliphatic heterocycles. The molecule has 6 heteroatoms. The number of benzene rings is 2. The maximum atomic E-state index is 5.78. The van der Waals surface area contributed by atoms with Gasteiger partial charge in [-0.2, -0.15) is 0 Å². The molecule has 0 bridgehead atoms. The third-order valence-corrected chi connectivity index (χ3v) is 5.34. The molecule has 0 saturated heterocycles. The van der Waals surface area contributed by atoms with Crippen LogP contribution in [-0.2, 0) is 19.7 Å².